The van der Waals surface area contributed by atoms with Gasteiger partial charge in [0.25, 0.3) is 0 Å². The third-order valence-corrected chi connectivity index (χ3v) is 3.86. The van der Waals surface area contributed by atoms with Crippen LogP contribution in [0.15, 0.2) is 0 Å². The lowest BCUT2D eigenvalue weighted by molar-refractivity contribution is 0.355. The molecule has 0 radical (unpaired) electrons. The molecule has 0 unspecified atom stereocenters. The van der Waals surface area contributed by atoms with Crippen LogP contribution in [-0.4, -0.2) is 9.97 Å². The molecule has 4 nitrogen and oxygen atoms in total. The van der Waals surface area contributed by atoms with E-state index in [0.29, 0.717) is 11.8 Å². The Morgan fingerprint density at radius 2 is 1.76 bits per heavy atom. The Balaban J connectivity index is 2.48. The second-order valence-corrected chi connectivity index (χ2v) is 5.07. The van der Waals surface area contributed by atoms with Gasteiger partial charge in [0, 0.05) is 11.0 Å². The van der Waals surface area contributed by atoms with Gasteiger partial charge in [0.2, 0.25) is 5.95 Å². The van der Waals surface area contributed by atoms with Crippen molar-refractivity contribution in [1.29, 1.82) is 0 Å². The Morgan fingerprint density at radius 1 is 1.12 bits per heavy atom. The van der Waals surface area contributed by atoms with E-state index in [0.717, 1.165) is 18.5 Å². The van der Waals surface area contributed by atoms with E-state index in [2.05, 4.69) is 23.8 Å². The summed E-state index contributed by atoms with van der Waals surface area (Å²) in [6, 6.07) is 0. The predicted octanol–water partition coefficient (Wildman–Crippen LogP) is 2.43. The summed E-state index contributed by atoms with van der Waals surface area (Å²) in [6.45, 7) is 4.45. The fraction of sp³-hybridized carbons (Fsp3) is 0.692. The first kappa shape index (κ1) is 12.1. The van der Waals surface area contributed by atoms with Gasteiger partial charge in [-0.15, -0.1) is 0 Å². The van der Waals surface area contributed by atoms with Crippen LogP contribution in [-0.2, 0) is 11.8 Å². The van der Waals surface area contributed by atoms with Crippen molar-refractivity contribution in [3.63, 3.8) is 0 Å². The molecule has 0 spiro atoms. The summed E-state index contributed by atoms with van der Waals surface area (Å²) in [6.07, 6.45) is 6.82. The molecule has 0 saturated carbocycles. The van der Waals surface area contributed by atoms with Crippen LogP contribution in [0, 0.1) is 0 Å². The van der Waals surface area contributed by atoms with E-state index in [-0.39, 0.29) is 5.41 Å². The third kappa shape index (κ3) is 1.96. The standard InChI is InChI=1S/C13H22N4/c1-3-6-13(7-4-2)8-5-9-10(13)11(14)17-12(15)16-9/h3-8H2,1-2H3,(H4,14,15,16,17). The summed E-state index contributed by atoms with van der Waals surface area (Å²) in [5.74, 6) is 0.914. The van der Waals surface area contributed by atoms with Crippen molar-refractivity contribution in [1.82, 2.24) is 9.97 Å². The predicted molar refractivity (Wildman–Crippen MR) is 70.7 cm³/mol. The van der Waals surface area contributed by atoms with Gasteiger partial charge in [-0.3, -0.25) is 0 Å². The topological polar surface area (TPSA) is 77.8 Å². The Morgan fingerprint density at radius 3 is 2.35 bits per heavy atom. The molecule has 4 N–H and O–H groups in total. The van der Waals surface area contributed by atoms with E-state index in [9.17, 15) is 0 Å². The largest absolute Gasteiger partial charge is 0.383 e. The maximum absolute atomic E-state index is 6.08. The lowest BCUT2D eigenvalue weighted by atomic mass is 9.75. The van der Waals surface area contributed by atoms with Gasteiger partial charge in [-0.1, -0.05) is 26.7 Å². The third-order valence-electron chi connectivity index (χ3n) is 3.86. The average molecular weight is 234 g/mol. The van der Waals surface area contributed by atoms with Crippen LogP contribution in [0.25, 0.3) is 0 Å². The number of nitrogens with zero attached hydrogens (tertiary/aromatic N) is 2. The van der Waals surface area contributed by atoms with Crippen molar-refractivity contribution >= 4 is 11.8 Å². The van der Waals surface area contributed by atoms with Gasteiger partial charge in [-0.25, -0.2) is 4.98 Å². The molecule has 4 heteroatoms. The monoisotopic (exact) mass is 234 g/mol. The van der Waals surface area contributed by atoms with E-state index in [1.165, 1.54) is 31.2 Å². The molecule has 0 saturated heterocycles. The molecule has 1 heterocycles. The highest BCUT2D eigenvalue weighted by atomic mass is 15.0. The molecule has 17 heavy (non-hydrogen) atoms. The number of hydrogen-bond acceptors (Lipinski definition) is 4. The zero-order valence-electron chi connectivity index (χ0n) is 10.8. The highest BCUT2D eigenvalue weighted by molar-refractivity contribution is 5.53. The minimum atomic E-state index is 0.205. The Hall–Kier alpha value is -1.32. The molecule has 0 bridgehead atoms. The van der Waals surface area contributed by atoms with Crippen LogP contribution in [0.4, 0.5) is 11.8 Å². The molecule has 0 amide bonds. The summed E-state index contributed by atoms with van der Waals surface area (Å²) in [7, 11) is 0. The fourth-order valence-corrected chi connectivity index (χ4v) is 3.37. The number of nitrogen functional groups attached to an aromatic ring is 2. The van der Waals surface area contributed by atoms with E-state index >= 15 is 0 Å². The normalized spacial score (nSPS) is 17.1. The average Bonchev–Trinajstić information content (AvgIpc) is 2.58. The molecule has 1 aromatic heterocycles. The molecular weight excluding hydrogens is 212 g/mol. The highest BCUT2D eigenvalue weighted by Gasteiger charge is 2.40. The molecule has 1 aliphatic rings. The first-order chi connectivity index (χ1) is 8.13. The molecule has 1 aromatic rings. The van der Waals surface area contributed by atoms with E-state index in [4.69, 9.17) is 11.5 Å². The van der Waals surface area contributed by atoms with Gasteiger partial charge in [0.05, 0.1) is 5.69 Å². The maximum Gasteiger partial charge on any atom is 0.222 e. The van der Waals surface area contributed by atoms with Crippen LogP contribution in [0.1, 0.15) is 57.2 Å². The van der Waals surface area contributed by atoms with Crippen LogP contribution in [0.3, 0.4) is 0 Å². The van der Waals surface area contributed by atoms with Gasteiger partial charge in [-0.2, -0.15) is 4.98 Å². The SMILES string of the molecule is CCCC1(CCC)CCc2nc(N)nc(N)c21. The first-order valence-electron chi connectivity index (χ1n) is 6.55. The number of aryl methyl sites for hydroxylation is 1. The summed E-state index contributed by atoms with van der Waals surface area (Å²) in [4.78, 5) is 8.51. The van der Waals surface area contributed by atoms with Crippen LogP contribution < -0.4 is 11.5 Å². The zero-order valence-corrected chi connectivity index (χ0v) is 10.8. The number of fused-ring (bicyclic) bond motifs is 1. The van der Waals surface area contributed by atoms with Crippen LogP contribution in [0.5, 0.6) is 0 Å². The zero-order chi connectivity index (χ0) is 12.5. The molecule has 94 valence electrons. The number of anilines is 2. The van der Waals surface area contributed by atoms with Gasteiger partial charge in [0.1, 0.15) is 5.82 Å². The van der Waals surface area contributed by atoms with E-state index in [1.807, 2.05) is 0 Å². The Labute approximate surface area is 103 Å². The van der Waals surface area contributed by atoms with Crippen molar-refractivity contribution in [2.24, 2.45) is 0 Å². The van der Waals surface area contributed by atoms with Crippen molar-refractivity contribution in [3.05, 3.63) is 11.3 Å². The number of hydrogen-bond donors (Lipinski definition) is 2. The minimum absolute atomic E-state index is 0.205. The van der Waals surface area contributed by atoms with Crippen molar-refractivity contribution in [3.8, 4) is 0 Å². The Bertz CT molecular complexity index is 408. The molecule has 0 aromatic carbocycles. The number of nitrogens with two attached hydrogens (primary N) is 2. The molecular formula is C13H22N4. The van der Waals surface area contributed by atoms with Crippen molar-refractivity contribution in [2.45, 2.75) is 57.8 Å². The summed E-state index contributed by atoms with van der Waals surface area (Å²) in [5, 5.41) is 0. The second kappa shape index (κ2) is 4.51. The summed E-state index contributed by atoms with van der Waals surface area (Å²) in [5.41, 5.74) is 14.2. The number of rotatable bonds is 4. The second-order valence-electron chi connectivity index (χ2n) is 5.07. The van der Waals surface area contributed by atoms with Gasteiger partial charge >= 0.3 is 0 Å². The Kier molecular flexibility index (Phi) is 3.22. The van der Waals surface area contributed by atoms with Crippen LogP contribution >= 0.6 is 0 Å². The number of aromatic nitrogens is 2. The lowest BCUT2D eigenvalue weighted by Crippen LogP contribution is -2.24. The summed E-state index contributed by atoms with van der Waals surface area (Å²) >= 11 is 0. The highest BCUT2D eigenvalue weighted by Crippen LogP contribution is 2.47. The van der Waals surface area contributed by atoms with Crippen molar-refractivity contribution < 1.29 is 0 Å². The minimum Gasteiger partial charge on any atom is -0.383 e. The summed E-state index contributed by atoms with van der Waals surface area (Å²) < 4.78 is 0. The molecule has 2 rings (SSSR count). The van der Waals surface area contributed by atoms with E-state index in [1.54, 1.807) is 0 Å². The molecule has 0 aliphatic heterocycles. The maximum atomic E-state index is 6.08. The van der Waals surface area contributed by atoms with Crippen LogP contribution in [0.2, 0.25) is 0 Å². The van der Waals surface area contributed by atoms with Crippen molar-refractivity contribution in [2.75, 3.05) is 11.5 Å². The molecule has 0 fully saturated rings. The molecule has 1 aliphatic carbocycles. The molecule has 0 atom stereocenters. The smallest absolute Gasteiger partial charge is 0.222 e. The van der Waals surface area contributed by atoms with E-state index < -0.39 is 0 Å². The first-order valence-corrected chi connectivity index (χ1v) is 6.55. The fourth-order valence-electron chi connectivity index (χ4n) is 3.37. The quantitative estimate of drug-likeness (QED) is 0.838. The lowest BCUT2D eigenvalue weighted by Gasteiger charge is -2.30. The van der Waals surface area contributed by atoms with Gasteiger partial charge in [-0.05, 0) is 25.7 Å². The van der Waals surface area contributed by atoms with Gasteiger partial charge < -0.3 is 11.5 Å². The van der Waals surface area contributed by atoms with Gasteiger partial charge in [0.15, 0.2) is 0 Å².